The molecule has 0 fully saturated rings. The number of anilines is 4. The number of rotatable bonds is 6. The van der Waals surface area contributed by atoms with Gasteiger partial charge in [0.05, 0.1) is 0 Å². The molecule has 0 unspecified atom stereocenters. The quantitative estimate of drug-likeness (QED) is 0.0597. The highest BCUT2D eigenvalue weighted by Crippen LogP contribution is 2.57. The van der Waals surface area contributed by atoms with E-state index in [9.17, 15) is 20.4 Å². The molecule has 0 heterocycles. The molecule has 3 aliphatic carbocycles. The van der Waals surface area contributed by atoms with Crippen molar-refractivity contribution in [3.05, 3.63) is 382 Å². The van der Waals surface area contributed by atoms with Crippen molar-refractivity contribution in [2.24, 2.45) is 0 Å². The van der Waals surface area contributed by atoms with Crippen LogP contribution in [0, 0.1) is 0 Å². The summed E-state index contributed by atoms with van der Waals surface area (Å²) in [7, 11) is 0. The second kappa shape index (κ2) is 21.3. The van der Waals surface area contributed by atoms with Gasteiger partial charge in [-0.25, -0.2) is 0 Å². The van der Waals surface area contributed by atoms with Crippen LogP contribution in [0.4, 0.5) is 22.7 Å². The summed E-state index contributed by atoms with van der Waals surface area (Å²) < 4.78 is 0. The number of benzene rings is 18. The van der Waals surface area contributed by atoms with Gasteiger partial charge in [-0.1, -0.05) is 267 Å². The van der Waals surface area contributed by atoms with Crippen LogP contribution in [0.5, 0.6) is 0 Å². The summed E-state index contributed by atoms with van der Waals surface area (Å²) in [6, 6.07) is 106. The van der Waals surface area contributed by atoms with Gasteiger partial charge in [-0.3, -0.25) is 0 Å². The molecule has 0 bridgehead atoms. The third-order valence-corrected chi connectivity index (χ3v) is 23.6. The Morgan fingerprint density at radius 1 is 0.173 bits per heavy atom. The Morgan fingerprint density at radius 3 is 0.587 bits per heavy atom. The summed E-state index contributed by atoms with van der Waals surface area (Å²) in [6.07, 6.45) is 0. The summed E-state index contributed by atoms with van der Waals surface area (Å²) in [5, 5.41) is 69.0. The van der Waals surface area contributed by atoms with Gasteiger partial charge in [-0.15, -0.1) is 0 Å². The van der Waals surface area contributed by atoms with Crippen LogP contribution in [0.2, 0.25) is 0 Å². The van der Waals surface area contributed by atoms with Gasteiger partial charge in [0, 0.05) is 67.3 Å². The molecule has 104 heavy (non-hydrogen) atoms. The van der Waals surface area contributed by atoms with E-state index >= 15 is 0 Å². The summed E-state index contributed by atoms with van der Waals surface area (Å²) in [5.74, 6) is 0. The maximum Gasteiger partial charge on any atom is 0.141 e. The van der Waals surface area contributed by atoms with Crippen LogP contribution in [0.3, 0.4) is 0 Å². The second-order valence-electron chi connectivity index (χ2n) is 28.6. The summed E-state index contributed by atoms with van der Waals surface area (Å²) in [6.45, 7) is 0. The Bertz CT molecular complexity index is 6340. The molecule has 18 aromatic carbocycles. The molecule has 0 amide bonds. The third kappa shape index (κ3) is 7.83. The SMILES string of the molecule is Nc1ccc2c(ccc3cc(C4(O)c5ccccc5-c5ccccc54)ccc32)c1-c1c(N)ccc2c1ccc1cc(C3(O)c4ccccc4C(O)(c4ccc5c(ccc6c(-c7c(N)ccc8c7ccc7cc(C9(O)c%10ccccc%10-c%10ccccc%109)ccc78)c(N)ccc65)c4)c4ccccc43)ccc12. The lowest BCUT2D eigenvalue weighted by Crippen LogP contribution is -2.44. The van der Waals surface area contributed by atoms with Crippen molar-refractivity contribution in [2.75, 3.05) is 22.9 Å². The minimum absolute atomic E-state index is 0.568. The zero-order chi connectivity index (χ0) is 69.9. The van der Waals surface area contributed by atoms with Gasteiger partial charge in [0.15, 0.2) is 0 Å². The molecular formula is C96H64N4O4. The van der Waals surface area contributed by atoms with E-state index in [-0.39, 0.29) is 0 Å². The van der Waals surface area contributed by atoms with E-state index in [1.807, 2.05) is 170 Å². The monoisotopic (exact) mass is 1340 g/mol. The lowest BCUT2D eigenvalue weighted by atomic mass is 9.63. The van der Waals surface area contributed by atoms with E-state index in [1.54, 1.807) is 0 Å². The average molecular weight is 1340 g/mol. The Morgan fingerprint density at radius 2 is 0.356 bits per heavy atom. The fourth-order valence-electron chi connectivity index (χ4n) is 18.9. The van der Waals surface area contributed by atoms with Gasteiger partial charge in [-0.2, -0.15) is 0 Å². The summed E-state index contributed by atoms with van der Waals surface area (Å²) in [4.78, 5) is 0. The first-order chi connectivity index (χ1) is 50.7. The zero-order valence-corrected chi connectivity index (χ0v) is 56.1. The molecule has 8 nitrogen and oxygen atoms in total. The van der Waals surface area contributed by atoms with Crippen molar-refractivity contribution >= 4 is 109 Å². The summed E-state index contributed by atoms with van der Waals surface area (Å²) in [5.41, 5.74) is 40.9. The Balaban J connectivity index is 0.636. The van der Waals surface area contributed by atoms with Crippen LogP contribution in [-0.4, -0.2) is 20.4 Å². The molecule has 12 N–H and O–H groups in total. The molecular weight excluding hydrogens is 1270 g/mol. The van der Waals surface area contributed by atoms with E-state index in [4.69, 9.17) is 22.9 Å². The lowest BCUT2D eigenvalue weighted by molar-refractivity contribution is 0.0749. The van der Waals surface area contributed by atoms with E-state index in [1.165, 1.54) is 0 Å². The molecule has 0 radical (unpaired) electrons. The highest BCUT2D eigenvalue weighted by Gasteiger charge is 2.51. The van der Waals surface area contributed by atoms with Crippen LogP contribution in [0.25, 0.3) is 131 Å². The normalized spacial score (nSPS) is 16.7. The number of aliphatic hydroxyl groups is 4. The van der Waals surface area contributed by atoms with Gasteiger partial charge in [-0.05, 0) is 201 Å². The molecule has 0 atom stereocenters. The number of hydrogen-bond donors (Lipinski definition) is 8. The van der Waals surface area contributed by atoms with Crippen molar-refractivity contribution in [2.45, 2.75) is 22.4 Å². The van der Waals surface area contributed by atoms with Gasteiger partial charge in [0.2, 0.25) is 0 Å². The second-order valence-corrected chi connectivity index (χ2v) is 28.6. The van der Waals surface area contributed by atoms with Crippen LogP contribution in [0.1, 0.15) is 66.8 Å². The maximum absolute atomic E-state index is 13.9. The predicted octanol–water partition coefficient (Wildman–Crippen LogP) is 20.0. The average Bonchev–Trinajstić information content (AvgIpc) is 1.10. The molecule has 18 aromatic rings. The number of fused-ring (bicyclic) bond motifs is 20. The minimum atomic E-state index is -1.70. The van der Waals surface area contributed by atoms with Gasteiger partial charge in [0.1, 0.15) is 22.4 Å². The molecule has 8 heteroatoms. The Kier molecular flexibility index (Phi) is 12.3. The topological polar surface area (TPSA) is 185 Å². The lowest BCUT2D eigenvalue weighted by Gasteiger charge is -2.45. The Labute approximate surface area is 597 Å². The van der Waals surface area contributed by atoms with Crippen LogP contribution < -0.4 is 22.9 Å². The molecule has 0 saturated heterocycles. The molecule has 0 aromatic heterocycles. The fraction of sp³-hybridized carbons (Fsp3) is 0.0417. The molecule has 0 saturated carbocycles. The van der Waals surface area contributed by atoms with E-state index in [2.05, 4.69) is 146 Å². The van der Waals surface area contributed by atoms with Gasteiger partial charge in [0.25, 0.3) is 0 Å². The van der Waals surface area contributed by atoms with Crippen LogP contribution >= 0.6 is 0 Å². The highest BCUT2D eigenvalue weighted by atomic mass is 16.3. The molecule has 0 spiro atoms. The summed E-state index contributed by atoms with van der Waals surface area (Å²) >= 11 is 0. The van der Waals surface area contributed by atoms with Crippen LogP contribution in [-0.2, 0) is 22.4 Å². The number of hydrogen-bond acceptors (Lipinski definition) is 8. The number of nitrogens with two attached hydrogens (primary N) is 4. The molecule has 492 valence electrons. The first-order valence-electron chi connectivity index (χ1n) is 35.3. The van der Waals surface area contributed by atoms with E-state index in [0.29, 0.717) is 56.1 Å². The van der Waals surface area contributed by atoms with Gasteiger partial charge < -0.3 is 43.4 Å². The predicted molar refractivity (Wildman–Crippen MR) is 426 cm³/mol. The van der Waals surface area contributed by atoms with Crippen molar-refractivity contribution in [3.8, 4) is 44.5 Å². The smallest absolute Gasteiger partial charge is 0.141 e. The Hall–Kier alpha value is -12.9. The van der Waals surface area contributed by atoms with E-state index in [0.717, 1.165) is 164 Å². The van der Waals surface area contributed by atoms with Gasteiger partial charge >= 0.3 is 0 Å². The standard InChI is InChI=1S/C96H64N4O4/c97-85-45-41-65-61-37-29-57(93(101)77-17-5-1-13-69(77)70-14-2-6-18-78(70)93)49-53(61)25-33-73(65)89(85)91-75-35-27-55-51-59(31-39-63(55)67(75)43-47-87(91)99)95(103)81-21-9-11-23-83(81)96(104,84-24-12-10-22-82(84)95)60-32-40-64-56(52-60)28-36-76-68(64)44-48-88(100)92(76)90-74-34-26-54-50-58(30-38-62(54)66(74)42-46-86(90)98)94(102)79-19-7-3-15-71(79)72-16-4-8-20-80(72)94/h1-52,101-104H,97-100H2. The third-order valence-electron chi connectivity index (χ3n) is 23.6. The van der Waals surface area contributed by atoms with E-state index < -0.39 is 22.4 Å². The molecule has 3 aliphatic rings. The van der Waals surface area contributed by atoms with Crippen LogP contribution in [0.15, 0.2) is 315 Å². The maximum atomic E-state index is 13.9. The zero-order valence-electron chi connectivity index (χ0n) is 56.1. The van der Waals surface area contributed by atoms with Crippen molar-refractivity contribution in [3.63, 3.8) is 0 Å². The van der Waals surface area contributed by atoms with Crippen molar-refractivity contribution < 1.29 is 20.4 Å². The molecule has 21 rings (SSSR count). The largest absolute Gasteiger partial charge is 0.398 e. The molecule has 0 aliphatic heterocycles. The van der Waals surface area contributed by atoms with Crippen molar-refractivity contribution in [1.82, 2.24) is 0 Å². The number of nitrogen functional groups attached to an aromatic ring is 4. The highest BCUT2D eigenvalue weighted by molar-refractivity contribution is 6.24. The first-order valence-corrected chi connectivity index (χ1v) is 35.3. The fourth-order valence-corrected chi connectivity index (χ4v) is 18.9. The van der Waals surface area contributed by atoms with Crippen molar-refractivity contribution in [1.29, 1.82) is 0 Å². The first kappa shape index (κ1) is 59.9. The minimum Gasteiger partial charge on any atom is -0.398 e.